The smallest absolute Gasteiger partial charge is 0.253 e. The molecule has 0 radical (unpaired) electrons. The summed E-state index contributed by atoms with van der Waals surface area (Å²) in [5.41, 5.74) is 2.27. The van der Waals surface area contributed by atoms with Gasteiger partial charge in [-0.05, 0) is 67.4 Å². The van der Waals surface area contributed by atoms with E-state index in [2.05, 4.69) is 20.8 Å². The topological polar surface area (TPSA) is 93.0 Å². The Morgan fingerprint density at radius 1 is 1.13 bits per heavy atom. The van der Waals surface area contributed by atoms with Crippen molar-refractivity contribution in [1.29, 1.82) is 0 Å². The number of amides is 2. The number of nitrogens with zero attached hydrogens (tertiary/aromatic N) is 5. The van der Waals surface area contributed by atoms with Gasteiger partial charge in [0.05, 0.1) is 17.3 Å². The fourth-order valence-electron chi connectivity index (χ4n) is 3.70. The number of aromatic nitrogens is 4. The van der Waals surface area contributed by atoms with Crippen LogP contribution in [0.3, 0.4) is 0 Å². The van der Waals surface area contributed by atoms with Gasteiger partial charge in [-0.3, -0.25) is 9.59 Å². The lowest BCUT2D eigenvalue weighted by Crippen LogP contribution is -2.43. The van der Waals surface area contributed by atoms with Crippen LogP contribution in [0.25, 0.3) is 5.69 Å². The summed E-state index contributed by atoms with van der Waals surface area (Å²) in [6.45, 7) is 4.58. The van der Waals surface area contributed by atoms with Gasteiger partial charge in [0.25, 0.3) is 5.91 Å². The molecule has 0 spiro atoms. The van der Waals surface area contributed by atoms with E-state index in [4.69, 9.17) is 0 Å². The fraction of sp³-hybridized carbons (Fsp3) is 0.318. The first-order valence-corrected chi connectivity index (χ1v) is 10.1. The highest BCUT2D eigenvalue weighted by Gasteiger charge is 2.29. The molecule has 8 nitrogen and oxygen atoms in total. The Morgan fingerprint density at radius 3 is 2.61 bits per heavy atom. The number of tetrazole rings is 1. The minimum absolute atomic E-state index is 0.0550. The zero-order valence-electron chi connectivity index (χ0n) is 17.4. The maximum absolute atomic E-state index is 14.4. The molecular formula is C22H23FN6O2. The van der Waals surface area contributed by atoms with E-state index in [9.17, 15) is 14.0 Å². The average Bonchev–Trinajstić information content (AvgIpc) is 3.21. The van der Waals surface area contributed by atoms with Gasteiger partial charge in [0, 0.05) is 18.7 Å². The quantitative estimate of drug-likeness (QED) is 0.698. The normalized spacial score (nSPS) is 16.2. The van der Waals surface area contributed by atoms with Crippen LogP contribution in [0.15, 0.2) is 42.5 Å². The number of piperidine rings is 1. The largest absolute Gasteiger partial charge is 0.338 e. The van der Waals surface area contributed by atoms with Crippen LogP contribution in [-0.4, -0.2) is 50.0 Å². The van der Waals surface area contributed by atoms with Gasteiger partial charge in [-0.1, -0.05) is 17.7 Å². The second-order valence-electron chi connectivity index (χ2n) is 7.75. The van der Waals surface area contributed by atoms with Crippen molar-refractivity contribution in [3.8, 4) is 5.69 Å². The standard InChI is InChI=1S/C22H23FN6O2/c1-14-5-7-16(8-6-14)22(31)28-11-3-4-17(13-28)21(30)24-20-12-18(9-10-19(20)23)29-15(2)25-26-27-29/h5-10,12,17H,3-4,11,13H2,1-2H3,(H,24,30). The molecule has 1 aromatic heterocycles. The van der Waals surface area contributed by atoms with Gasteiger partial charge in [-0.25, -0.2) is 4.39 Å². The lowest BCUT2D eigenvalue weighted by molar-refractivity contribution is -0.121. The molecule has 1 unspecified atom stereocenters. The molecule has 2 aromatic carbocycles. The number of halogens is 1. The van der Waals surface area contributed by atoms with Crippen LogP contribution in [0.2, 0.25) is 0 Å². The lowest BCUT2D eigenvalue weighted by atomic mass is 9.96. The predicted molar refractivity (Wildman–Crippen MR) is 112 cm³/mol. The van der Waals surface area contributed by atoms with Crippen molar-refractivity contribution in [1.82, 2.24) is 25.1 Å². The molecule has 0 bridgehead atoms. The molecule has 0 saturated carbocycles. The Labute approximate surface area is 179 Å². The highest BCUT2D eigenvalue weighted by Crippen LogP contribution is 2.23. The van der Waals surface area contributed by atoms with Gasteiger partial charge in [0.2, 0.25) is 5.91 Å². The Hall–Kier alpha value is -3.62. The van der Waals surface area contributed by atoms with Gasteiger partial charge in [-0.15, -0.1) is 5.10 Å². The molecule has 1 fully saturated rings. The van der Waals surface area contributed by atoms with Gasteiger partial charge in [-0.2, -0.15) is 4.68 Å². The molecule has 0 aliphatic carbocycles. The molecule has 1 atom stereocenters. The summed E-state index contributed by atoms with van der Waals surface area (Å²) in [7, 11) is 0. The van der Waals surface area contributed by atoms with Crippen LogP contribution >= 0.6 is 0 Å². The molecular weight excluding hydrogens is 399 g/mol. The first kappa shape index (κ1) is 20.6. The molecule has 31 heavy (non-hydrogen) atoms. The average molecular weight is 422 g/mol. The molecule has 4 rings (SSSR count). The Kier molecular flexibility index (Phi) is 5.75. The molecule has 9 heteroatoms. The summed E-state index contributed by atoms with van der Waals surface area (Å²) >= 11 is 0. The summed E-state index contributed by atoms with van der Waals surface area (Å²) in [4.78, 5) is 27.4. The summed E-state index contributed by atoms with van der Waals surface area (Å²) in [6, 6.07) is 11.7. The number of hydrogen-bond acceptors (Lipinski definition) is 5. The van der Waals surface area contributed by atoms with Gasteiger partial charge in [0.15, 0.2) is 5.82 Å². The minimum Gasteiger partial charge on any atom is -0.338 e. The second-order valence-corrected chi connectivity index (χ2v) is 7.75. The molecule has 1 aliphatic heterocycles. The molecule has 1 saturated heterocycles. The minimum atomic E-state index is -0.550. The van der Waals surface area contributed by atoms with E-state index >= 15 is 0 Å². The Morgan fingerprint density at radius 2 is 1.90 bits per heavy atom. The molecule has 1 aliphatic rings. The Bertz CT molecular complexity index is 1110. The van der Waals surface area contributed by atoms with Crippen LogP contribution in [0.4, 0.5) is 10.1 Å². The van der Waals surface area contributed by atoms with E-state index in [1.807, 2.05) is 19.1 Å². The SMILES string of the molecule is Cc1ccc(C(=O)N2CCCC(C(=O)Nc3cc(-n4nnnc4C)ccc3F)C2)cc1. The molecule has 2 heterocycles. The zero-order chi connectivity index (χ0) is 22.0. The van der Waals surface area contributed by atoms with E-state index in [1.165, 1.54) is 22.9 Å². The van der Waals surface area contributed by atoms with Crippen molar-refractivity contribution in [3.05, 3.63) is 65.2 Å². The number of anilines is 1. The van der Waals surface area contributed by atoms with Crippen LogP contribution in [-0.2, 0) is 4.79 Å². The first-order valence-electron chi connectivity index (χ1n) is 10.1. The van der Waals surface area contributed by atoms with Crippen LogP contribution in [0, 0.1) is 25.6 Å². The molecule has 2 amide bonds. The predicted octanol–water partition coefficient (Wildman–Crippen LogP) is 2.91. The van der Waals surface area contributed by atoms with Crippen LogP contribution < -0.4 is 5.32 Å². The number of rotatable bonds is 4. The highest BCUT2D eigenvalue weighted by atomic mass is 19.1. The third-order valence-corrected chi connectivity index (χ3v) is 5.46. The lowest BCUT2D eigenvalue weighted by Gasteiger charge is -2.32. The van der Waals surface area contributed by atoms with E-state index in [-0.39, 0.29) is 17.5 Å². The molecule has 160 valence electrons. The number of carbonyl (C=O) groups excluding carboxylic acids is 2. The van der Waals surface area contributed by atoms with Gasteiger partial charge in [0.1, 0.15) is 5.82 Å². The summed E-state index contributed by atoms with van der Waals surface area (Å²) < 4.78 is 15.8. The van der Waals surface area contributed by atoms with E-state index in [0.29, 0.717) is 43.0 Å². The van der Waals surface area contributed by atoms with Crippen molar-refractivity contribution < 1.29 is 14.0 Å². The van der Waals surface area contributed by atoms with Gasteiger partial charge >= 0.3 is 0 Å². The van der Waals surface area contributed by atoms with Crippen molar-refractivity contribution in [2.45, 2.75) is 26.7 Å². The molecule has 1 N–H and O–H groups in total. The van der Waals surface area contributed by atoms with Crippen LogP contribution in [0.1, 0.15) is 34.6 Å². The zero-order valence-corrected chi connectivity index (χ0v) is 17.4. The highest BCUT2D eigenvalue weighted by molar-refractivity contribution is 5.96. The van der Waals surface area contributed by atoms with Crippen molar-refractivity contribution in [3.63, 3.8) is 0 Å². The first-order chi connectivity index (χ1) is 14.9. The number of nitrogens with one attached hydrogen (secondary N) is 1. The summed E-state index contributed by atoms with van der Waals surface area (Å²) in [5.74, 6) is -0.834. The van der Waals surface area contributed by atoms with Crippen molar-refractivity contribution in [2.24, 2.45) is 5.92 Å². The maximum Gasteiger partial charge on any atom is 0.253 e. The van der Waals surface area contributed by atoms with Crippen molar-refractivity contribution >= 4 is 17.5 Å². The van der Waals surface area contributed by atoms with E-state index in [0.717, 1.165) is 5.56 Å². The second kappa shape index (κ2) is 8.63. The monoisotopic (exact) mass is 422 g/mol. The third kappa shape index (κ3) is 4.45. The summed E-state index contributed by atoms with van der Waals surface area (Å²) in [6.07, 6.45) is 1.35. The number of aryl methyl sites for hydroxylation is 2. The van der Waals surface area contributed by atoms with Crippen LogP contribution in [0.5, 0.6) is 0 Å². The van der Waals surface area contributed by atoms with E-state index < -0.39 is 11.7 Å². The van der Waals surface area contributed by atoms with Gasteiger partial charge < -0.3 is 10.2 Å². The Balaban J connectivity index is 1.47. The number of benzene rings is 2. The van der Waals surface area contributed by atoms with Crippen molar-refractivity contribution in [2.75, 3.05) is 18.4 Å². The number of hydrogen-bond donors (Lipinski definition) is 1. The number of likely N-dealkylation sites (tertiary alicyclic amines) is 1. The van der Waals surface area contributed by atoms with E-state index in [1.54, 1.807) is 24.0 Å². The fourth-order valence-corrected chi connectivity index (χ4v) is 3.70. The third-order valence-electron chi connectivity index (χ3n) is 5.46. The summed E-state index contributed by atoms with van der Waals surface area (Å²) in [5, 5.41) is 13.9. The molecule has 3 aromatic rings. The maximum atomic E-state index is 14.4. The number of carbonyl (C=O) groups is 2.